The molecule has 256 valence electrons. The Balaban J connectivity index is 0.000000156. The van der Waals surface area contributed by atoms with Crippen molar-refractivity contribution in [3.05, 3.63) is 83.7 Å². The SMILES string of the molecule is CC[C@@H](N)C1[C@H]2CC(c3ccnc4ccc(F)cc34)C[C@@H]12.CC[C@@H](N[S+]([O-])C(C)(C)C)C1[C@H]2CC(c3ccnc4ccc(F)cc34)C[C@@H]12. The summed E-state index contributed by atoms with van der Waals surface area (Å²) in [7, 11) is 0. The number of nitrogens with one attached hydrogen (secondary N) is 1. The fourth-order valence-corrected chi connectivity index (χ4v) is 10.5. The number of fused-ring (bicyclic) bond motifs is 4. The first-order valence-electron chi connectivity index (χ1n) is 18.0. The lowest BCUT2D eigenvalue weighted by Gasteiger charge is -2.29. The number of pyridine rings is 2. The predicted octanol–water partition coefficient (Wildman–Crippen LogP) is 8.79. The lowest BCUT2D eigenvalue weighted by atomic mass is 9.88. The van der Waals surface area contributed by atoms with Gasteiger partial charge in [-0.15, -0.1) is 4.72 Å². The van der Waals surface area contributed by atoms with Crippen molar-refractivity contribution in [3.8, 4) is 0 Å². The zero-order chi connectivity index (χ0) is 33.9. The molecule has 0 amide bonds. The molecular formula is C40H50F2N4OS. The molecule has 11 atom stereocenters. The van der Waals surface area contributed by atoms with E-state index in [4.69, 9.17) is 5.73 Å². The minimum Gasteiger partial charge on any atom is -0.598 e. The third-order valence-electron chi connectivity index (χ3n) is 12.1. The molecule has 2 aromatic carbocycles. The van der Waals surface area contributed by atoms with Crippen LogP contribution in [0.2, 0.25) is 0 Å². The maximum absolute atomic E-state index is 13.8. The Morgan fingerprint density at radius 1 is 0.771 bits per heavy atom. The van der Waals surface area contributed by atoms with Gasteiger partial charge in [0.25, 0.3) is 0 Å². The van der Waals surface area contributed by atoms with E-state index in [-0.39, 0.29) is 16.4 Å². The molecule has 4 saturated carbocycles. The molecule has 48 heavy (non-hydrogen) atoms. The Kier molecular flexibility index (Phi) is 9.33. The van der Waals surface area contributed by atoms with Crippen LogP contribution in [-0.4, -0.2) is 31.4 Å². The second-order valence-corrected chi connectivity index (χ2v) is 17.9. The van der Waals surface area contributed by atoms with Crippen LogP contribution in [0.4, 0.5) is 8.78 Å². The van der Waals surface area contributed by atoms with Gasteiger partial charge in [-0.05, 0) is 166 Å². The molecule has 2 aromatic heterocycles. The quantitative estimate of drug-likeness (QED) is 0.183. The third kappa shape index (κ3) is 6.50. The monoisotopic (exact) mass is 672 g/mol. The van der Waals surface area contributed by atoms with E-state index in [1.54, 1.807) is 24.3 Å². The molecule has 5 nitrogen and oxygen atoms in total. The topological polar surface area (TPSA) is 86.9 Å². The molecular weight excluding hydrogens is 623 g/mol. The Morgan fingerprint density at radius 3 is 1.65 bits per heavy atom. The maximum Gasteiger partial charge on any atom is 0.136 e. The molecule has 4 fully saturated rings. The zero-order valence-electron chi connectivity index (χ0n) is 28.8. The van der Waals surface area contributed by atoms with Crippen LogP contribution in [0.25, 0.3) is 21.8 Å². The summed E-state index contributed by atoms with van der Waals surface area (Å²) in [5.41, 5.74) is 10.5. The first-order chi connectivity index (χ1) is 23.0. The highest BCUT2D eigenvalue weighted by molar-refractivity contribution is 7.90. The van der Waals surface area contributed by atoms with Crippen LogP contribution in [0, 0.1) is 47.1 Å². The van der Waals surface area contributed by atoms with Gasteiger partial charge < -0.3 is 10.3 Å². The highest BCUT2D eigenvalue weighted by Gasteiger charge is 2.60. The van der Waals surface area contributed by atoms with Crippen molar-refractivity contribution in [1.82, 2.24) is 14.7 Å². The van der Waals surface area contributed by atoms with Crippen LogP contribution in [0.15, 0.2) is 60.9 Å². The molecule has 3 N–H and O–H groups in total. The van der Waals surface area contributed by atoms with Gasteiger partial charge in [-0.1, -0.05) is 13.8 Å². The number of rotatable bonds is 8. The standard InChI is InChI=1S/C22H29FN2OS.C18H21FN2/c1-5-19(25-27(26)22(2,3)4)21-17-10-13(11-18(17)21)15-8-9-24-20-7-6-14(23)12-16(15)20;1-2-16(20)18-14-7-10(8-15(14)18)12-5-6-21-17-4-3-11(19)9-13(12)17/h6-9,12-13,17-19,21,25H,5,10-11H2,1-4H3;3-6,9-10,14-16,18H,2,7-8,20H2,1H3/t13?,17-,18+,19-,21?,27?;10?,14-,15+,16-,18?/m11/s1. The van der Waals surface area contributed by atoms with Gasteiger partial charge in [-0.3, -0.25) is 9.97 Å². The summed E-state index contributed by atoms with van der Waals surface area (Å²) in [6.45, 7) is 10.4. The van der Waals surface area contributed by atoms with Crippen LogP contribution >= 0.6 is 0 Å². The minimum atomic E-state index is -1.02. The lowest BCUT2D eigenvalue weighted by Crippen LogP contribution is -2.46. The van der Waals surface area contributed by atoms with Gasteiger partial charge in [0, 0.05) is 40.6 Å². The molecule has 0 bridgehead atoms. The molecule has 2 heterocycles. The van der Waals surface area contributed by atoms with Gasteiger partial charge in [0.05, 0.1) is 17.1 Å². The average Bonchev–Trinajstić information content (AvgIpc) is 3.78. The summed E-state index contributed by atoms with van der Waals surface area (Å²) in [4.78, 5) is 8.74. The van der Waals surface area contributed by atoms with Crippen molar-refractivity contribution in [1.29, 1.82) is 0 Å². The zero-order valence-corrected chi connectivity index (χ0v) is 29.7. The van der Waals surface area contributed by atoms with Gasteiger partial charge in [0.1, 0.15) is 16.4 Å². The van der Waals surface area contributed by atoms with Crippen molar-refractivity contribution in [2.45, 2.75) is 102 Å². The van der Waals surface area contributed by atoms with Crippen LogP contribution in [0.5, 0.6) is 0 Å². The van der Waals surface area contributed by atoms with Crippen molar-refractivity contribution in [2.75, 3.05) is 0 Å². The first kappa shape index (κ1) is 33.8. The number of aromatic nitrogens is 2. The molecule has 0 spiro atoms. The van der Waals surface area contributed by atoms with Crippen LogP contribution in [0.3, 0.4) is 0 Å². The van der Waals surface area contributed by atoms with E-state index in [0.717, 1.165) is 65.2 Å². The number of hydrogen-bond donors (Lipinski definition) is 2. The highest BCUT2D eigenvalue weighted by Crippen LogP contribution is 2.65. The third-order valence-corrected chi connectivity index (χ3v) is 13.7. The number of nitrogens with two attached hydrogens (primary N) is 1. The predicted molar refractivity (Wildman–Crippen MR) is 192 cm³/mol. The largest absolute Gasteiger partial charge is 0.598 e. The van der Waals surface area contributed by atoms with E-state index in [9.17, 15) is 13.3 Å². The van der Waals surface area contributed by atoms with E-state index in [2.05, 4.69) is 40.7 Å². The van der Waals surface area contributed by atoms with E-state index in [1.807, 2.05) is 33.2 Å². The number of nitrogens with zero attached hydrogens (tertiary/aromatic N) is 2. The van der Waals surface area contributed by atoms with E-state index in [0.29, 0.717) is 41.7 Å². The van der Waals surface area contributed by atoms with E-state index < -0.39 is 11.4 Å². The van der Waals surface area contributed by atoms with E-state index >= 15 is 0 Å². The van der Waals surface area contributed by atoms with Gasteiger partial charge in [-0.25, -0.2) is 8.78 Å². The molecule has 0 saturated heterocycles. The summed E-state index contributed by atoms with van der Waals surface area (Å²) in [5, 5.41) is 1.94. The number of benzene rings is 2. The molecule has 8 rings (SSSR count). The average molecular weight is 673 g/mol. The molecule has 8 heteroatoms. The maximum atomic E-state index is 13.8. The molecule has 0 radical (unpaired) electrons. The summed E-state index contributed by atoms with van der Waals surface area (Å²) < 4.78 is 43.0. The van der Waals surface area contributed by atoms with Crippen LogP contribution in [0.1, 0.15) is 96.1 Å². The summed E-state index contributed by atoms with van der Waals surface area (Å²) in [6, 6.07) is 14.6. The second kappa shape index (κ2) is 13.2. The Labute approximate surface area is 287 Å². The molecule has 5 unspecified atom stereocenters. The number of halogens is 2. The number of hydrogen-bond acceptors (Lipinski definition) is 5. The summed E-state index contributed by atoms with van der Waals surface area (Å²) >= 11 is -1.02. The smallest absolute Gasteiger partial charge is 0.136 e. The summed E-state index contributed by atoms with van der Waals surface area (Å²) in [5.74, 6) is 4.99. The van der Waals surface area contributed by atoms with Crippen LogP contribution in [-0.2, 0) is 11.4 Å². The minimum absolute atomic E-state index is 0.175. The van der Waals surface area contributed by atoms with Gasteiger partial charge in [0.2, 0.25) is 0 Å². The Hall–Kier alpha value is -2.65. The van der Waals surface area contributed by atoms with Gasteiger partial charge in [0.15, 0.2) is 0 Å². The van der Waals surface area contributed by atoms with E-state index in [1.165, 1.54) is 36.1 Å². The normalized spacial score (nSPS) is 30.7. The van der Waals surface area contributed by atoms with Gasteiger partial charge >= 0.3 is 0 Å². The van der Waals surface area contributed by atoms with Gasteiger partial charge in [-0.2, -0.15) is 0 Å². The fourth-order valence-electron chi connectivity index (χ4n) is 9.54. The Morgan fingerprint density at radius 2 is 1.23 bits per heavy atom. The van der Waals surface area contributed by atoms with Crippen LogP contribution < -0.4 is 10.5 Å². The molecule has 4 aliphatic carbocycles. The lowest BCUT2D eigenvalue weighted by molar-refractivity contribution is 0.418. The Bertz CT molecular complexity index is 1760. The van der Waals surface area contributed by atoms with Crippen molar-refractivity contribution in [2.24, 2.45) is 41.2 Å². The van der Waals surface area contributed by atoms with Crippen molar-refractivity contribution >= 4 is 33.2 Å². The van der Waals surface area contributed by atoms with Crippen molar-refractivity contribution in [3.63, 3.8) is 0 Å². The molecule has 0 aliphatic heterocycles. The van der Waals surface area contributed by atoms with Crippen molar-refractivity contribution < 1.29 is 13.3 Å². The molecule has 4 aromatic rings. The highest BCUT2D eigenvalue weighted by atomic mass is 32.2. The fraction of sp³-hybridized carbons (Fsp3) is 0.550. The first-order valence-corrected chi connectivity index (χ1v) is 19.1. The summed E-state index contributed by atoms with van der Waals surface area (Å²) in [6.07, 6.45) is 10.5. The second-order valence-electron chi connectivity index (χ2n) is 15.9. The molecule has 4 aliphatic rings.